The highest BCUT2D eigenvalue weighted by Crippen LogP contribution is 2.30. The van der Waals surface area contributed by atoms with E-state index >= 15 is 0 Å². The number of rotatable bonds is 6. The van der Waals surface area contributed by atoms with E-state index in [-0.39, 0.29) is 0 Å². The molecule has 0 amide bonds. The molecular formula is C21H20N4S. The van der Waals surface area contributed by atoms with E-state index in [1.807, 2.05) is 30.5 Å². The molecule has 0 saturated heterocycles. The minimum atomic E-state index is 0.648. The van der Waals surface area contributed by atoms with Crippen molar-refractivity contribution in [2.75, 3.05) is 5.32 Å². The van der Waals surface area contributed by atoms with Crippen LogP contribution in [0.5, 0.6) is 0 Å². The van der Waals surface area contributed by atoms with E-state index in [1.54, 1.807) is 11.3 Å². The molecule has 0 atom stereocenters. The molecule has 26 heavy (non-hydrogen) atoms. The number of aromatic nitrogens is 3. The summed E-state index contributed by atoms with van der Waals surface area (Å²) in [7, 11) is 0. The molecule has 3 heterocycles. The molecule has 0 aliphatic heterocycles. The summed E-state index contributed by atoms with van der Waals surface area (Å²) in [5.41, 5.74) is 2.21. The Morgan fingerprint density at radius 3 is 2.62 bits per heavy atom. The minimum Gasteiger partial charge on any atom is -0.364 e. The molecule has 3 aromatic heterocycles. The zero-order chi connectivity index (χ0) is 17.8. The molecule has 0 radical (unpaired) electrons. The number of benzene rings is 1. The summed E-state index contributed by atoms with van der Waals surface area (Å²) in [6, 6.07) is 18.5. The van der Waals surface area contributed by atoms with Crippen molar-refractivity contribution in [1.29, 1.82) is 0 Å². The van der Waals surface area contributed by atoms with Crippen molar-refractivity contribution >= 4 is 27.4 Å². The zero-order valence-electron chi connectivity index (χ0n) is 14.6. The summed E-state index contributed by atoms with van der Waals surface area (Å²) < 4.78 is 0. The van der Waals surface area contributed by atoms with Crippen LogP contribution in [0, 0.1) is 0 Å². The maximum Gasteiger partial charge on any atom is 0.138 e. The Morgan fingerprint density at radius 1 is 1.00 bits per heavy atom. The normalized spacial score (nSPS) is 11.0. The van der Waals surface area contributed by atoms with Crippen LogP contribution in [0.25, 0.3) is 10.2 Å². The van der Waals surface area contributed by atoms with Crippen molar-refractivity contribution < 1.29 is 0 Å². The average molecular weight is 360 g/mol. The highest BCUT2D eigenvalue weighted by atomic mass is 32.1. The third-order valence-corrected chi connectivity index (χ3v) is 5.38. The third-order valence-electron chi connectivity index (χ3n) is 4.21. The minimum absolute atomic E-state index is 0.648. The van der Waals surface area contributed by atoms with Crippen LogP contribution in [0.2, 0.25) is 0 Å². The van der Waals surface area contributed by atoms with Crippen molar-refractivity contribution in [2.45, 2.75) is 26.3 Å². The second-order valence-electron chi connectivity index (χ2n) is 6.11. The first-order valence-electron chi connectivity index (χ1n) is 8.79. The van der Waals surface area contributed by atoms with E-state index in [4.69, 9.17) is 9.97 Å². The van der Waals surface area contributed by atoms with Crippen LogP contribution in [0.1, 0.15) is 28.9 Å². The van der Waals surface area contributed by atoms with Gasteiger partial charge in [0.05, 0.1) is 17.6 Å². The monoisotopic (exact) mass is 360 g/mol. The van der Waals surface area contributed by atoms with Gasteiger partial charge in [-0.1, -0.05) is 43.3 Å². The fraction of sp³-hybridized carbons (Fsp3) is 0.190. The largest absolute Gasteiger partial charge is 0.364 e. The van der Waals surface area contributed by atoms with Gasteiger partial charge in [0.25, 0.3) is 0 Å². The Bertz CT molecular complexity index is 997. The number of fused-ring (bicyclic) bond motifs is 1. The number of nitrogens with zero attached hydrogens (tertiary/aromatic N) is 3. The molecule has 5 heteroatoms. The molecule has 4 nitrogen and oxygen atoms in total. The number of hydrogen-bond donors (Lipinski definition) is 1. The summed E-state index contributed by atoms with van der Waals surface area (Å²) in [6.45, 7) is 2.82. The van der Waals surface area contributed by atoms with Crippen LogP contribution in [0.15, 0.2) is 60.8 Å². The molecule has 0 bridgehead atoms. The van der Waals surface area contributed by atoms with Crippen molar-refractivity contribution in [2.24, 2.45) is 0 Å². The first-order chi connectivity index (χ1) is 12.8. The summed E-state index contributed by atoms with van der Waals surface area (Å²) in [4.78, 5) is 16.4. The van der Waals surface area contributed by atoms with Gasteiger partial charge in [0.15, 0.2) is 0 Å². The number of pyridine rings is 1. The predicted molar refractivity (Wildman–Crippen MR) is 108 cm³/mol. The van der Waals surface area contributed by atoms with Gasteiger partial charge in [0.1, 0.15) is 16.5 Å². The van der Waals surface area contributed by atoms with Gasteiger partial charge in [-0.3, -0.25) is 4.98 Å². The van der Waals surface area contributed by atoms with Crippen LogP contribution in [0.3, 0.4) is 0 Å². The molecule has 0 aliphatic carbocycles. The molecule has 0 unspecified atom stereocenters. The van der Waals surface area contributed by atoms with Gasteiger partial charge in [-0.2, -0.15) is 0 Å². The standard InChI is InChI=1S/C21H20N4S/c1-2-17-13-18-20(23-14-16-10-6-7-11-22-16)24-19(25-21(18)26-17)12-15-8-4-3-5-9-15/h3-11,13H,2,12,14H2,1H3,(H,23,24,25). The smallest absolute Gasteiger partial charge is 0.138 e. The van der Waals surface area contributed by atoms with Gasteiger partial charge in [0, 0.05) is 17.5 Å². The summed E-state index contributed by atoms with van der Waals surface area (Å²) in [5, 5.41) is 4.56. The van der Waals surface area contributed by atoms with Crippen LogP contribution >= 0.6 is 11.3 Å². The lowest BCUT2D eigenvalue weighted by Crippen LogP contribution is -2.06. The summed E-state index contributed by atoms with van der Waals surface area (Å²) >= 11 is 1.75. The highest BCUT2D eigenvalue weighted by molar-refractivity contribution is 7.18. The third kappa shape index (κ3) is 3.73. The Kier molecular flexibility index (Phi) is 4.88. The predicted octanol–water partition coefficient (Wildman–Crippen LogP) is 4.85. The number of hydrogen-bond acceptors (Lipinski definition) is 5. The van der Waals surface area contributed by atoms with Crippen molar-refractivity contribution in [3.63, 3.8) is 0 Å². The molecule has 0 aliphatic rings. The van der Waals surface area contributed by atoms with Gasteiger partial charge in [-0.05, 0) is 30.2 Å². The molecular weight excluding hydrogens is 340 g/mol. The Balaban J connectivity index is 1.67. The van der Waals surface area contributed by atoms with Gasteiger partial charge in [-0.25, -0.2) is 9.97 Å². The molecule has 130 valence electrons. The molecule has 0 spiro atoms. The summed E-state index contributed by atoms with van der Waals surface area (Å²) in [5.74, 6) is 1.74. The van der Waals surface area contributed by atoms with Gasteiger partial charge >= 0.3 is 0 Å². The van der Waals surface area contributed by atoms with Crippen molar-refractivity contribution in [3.05, 3.63) is 82.8 Å². The number of anilines is 1. The molecule has 4 rings (SSSR count). The maximum atomic E-state index is 4.82. The number of nitrogens with one attached hydrogen (secondary N) is 1. The fourth-order valence-corrected chi connectivity index (χ4v) is 3.85. The Labute approximate surface area is 157 Å². The van der Waals surface area contributed by atoms with E-state index in [1.165, 1.54) is 10.4 Å². The van der Waals surface area contributed by atoms with Crippen molar-refractivity contribution in [3.8, 4) is 0 Å². The molecule has 4 aromatic rings. The summed E-state index contributed by atoms with van der Waals surface area (Å²) in [6.07, 6.45) is 3.55. The van der Waals surface area contributed by atoms with E-state index < -0.39 is 0 Å². The van der Waals surface area contributed by atoms with Crippen LogP contribution in [-0.2, 0) is 19.4 Å². The topological polar surface area (TPSA) is 50.7 Å². The maximum absolute atomic E-state index is 4.82. The van der Waals surface area contributed by atoms with E-state index in [9.17, 15) is 0 Å². The quantitative estimate of drug-likeness (QED) is 0.534. The molecule has 0 saturated carbocycles. The van der Waals surface area contributed by atoms with E-state index in [0.717, 1.165) is 40.4 Å². The van der Waals surface area contributed by atoms with Crippen LogP contribution in [0.4, 0.5) is 5.82 Å². The van der Waals surface area contributed by atoms with E-state index in [0.29, 0.717) is 6.54 Å². The molecule has 0 fully saturated rings. The fourth-order valence-electron chi connectivity index (χ4n) is 2.86. The SMILES string of the molecule is CCc1cc2c(NCc3ccccn3)nc(Cc3ccccc3)nc2s1. The lowest BCUT2D eigenvalue weighted by Gasteiger charge is -2.09. The Hall–Kier alpha value is -2.79. The van der Waals surface area contributed by atoms with Crippen molar-refractivity contribution in [1.82, 2.24) is 15.0 Å². The zero-order valence-corrected chi connectivity index (χ0v) is 15.5. The van der Waals surface area contributed by atoms with Crippen LogP contribution < -0.4 is 5.32 Å². The lowest BCUT2D eigenvalue weighted by atomic mass is 10.1. The molecule has 1 aromatic carbocycles. The second kappa shape index (κ2) is 7.62. The number of thiophene rings is 1. The van der Waals surface area contributed by atoms with Crippen LogP contribution in [-0.4, -0.2) is 15.0 Å². The highest BCUT2D eigenvalue weighted by Gasteiger charge is 2.12. The van der Waals surface area contributed by atoms with Gasteiger partial charge in [-0.15, -0.1) is 11.3 Å². The average Bonchev–Trinajstić information content (AvgIpc) is 3.11. The Morgan fingerprint density at radius 2 is 1.85 bits per heavy atom. The molecule has 1 N–H and O–H groups in total. The second-order valence-corrected chi connectivity index (χ2v) is 7.23. The first-order valence-corrected chi connectivity index (χ1v) is 9.60. The first kappa shape index (κ1) is 16.7. The number of aryl methyl sites for hydroxylation is 1. The van der Waals surface area contributed by atoms with Gasteiger partial charge in [0.2, 0.25) is 0 Å². The van der Waals surface area contributed by atoms with Gasteiger partial charge < -0.3 is 5.32 Å². The van der Waals surface area contributed by atoms with E-state index in [2.05, 4.69) is 47.6 Å². The lowest BCUT2D eigenvalue weighted by molar-refractivity contribution is 0.973.